The molecule has 0 heterocycles. The number of fused-ring (bicyclic) bond motifs is 1. The molecule has 1 aliphatic carbocycles. The summed E-state index contributed by atoms with van der Waals surface area (Å²) < 4.78 is 4.53. The predicted octanol–water partition coefficient (Wildman–Crippen LogP) is 7.72. The molecular formula is C18H16Br4. The van der Waals surface area contributed by atoms with Gasteiger partial charge in [0.05, 0.1) is 0 Å². The quantitative estimate of drug-likeness (QED) is 0.340. The molecule has 0 aromatic heterocycles. The van der Waals surface area contributed by atoms with Crippen LogP contribution in [-0.4, -0.2) is 0 Å². The average Bonchev–Trinajstić information content (AvgIpc) is 2.56. The highest BCUT2D eigenvalue weighted by Gasteiger charge is 2.47. The zero-order valence-electron chi connectivity index (χ0n) is 12.6. The molecule has 0 amide bonds. The minimum absolute atomic E-state index is 0.00926. The Morgan fingerprint density at radius 1 is 0.773 bits per heavy atom. The average molecular weight is 552 g/mol. The van der Waals surface area contributed by atoms with E-state index in [4.69, 9.17) is 0 Å². The molecule has 2 aromatic rings. The van der Waals surface area contributed by atoms with Crippen LogP contribution in [0.2, 0.25) is 0 Å². The van der Waals surface area contributed by atoms with Crippen LogP contribution in [0, 0.1) is 0 Å². The first-order chi connectivity index (χ1) is 10.1. The van der Waals surface area contributed by atoms with Crippen molar-refractivity contribution in [3.63, 3.8) is 0 Å². The lowest BCUT2D eigenvalue weighted by Gasteiger charge is -2.29. The fraction of sp³-hybridized carbons (Fsp3) is 0.333. The van der Waals surface area contributed by atoms with E-state index >= 15 is 0 Å². The summed E-state index contributed by atoms with van der Waals surface area (Å²) in [7, 11) is 0. The summed E-state index contributed by atoms with van der Waals surface area (Å²) in [4.78, 5) is 0. The molecule has 1 atom stereocenters. The third kappa shape index (κ3) is 2.78. The highest BCUT2D eigenvalue weighted by Crippen LogP contribution is 2.56. The molecule has 3 rings (SSSR count). The van der Waals surface area contributed by atoms with E-state index < -0.39 is 0 Å². The van der Waals surface area contributed by atoms with Gasteiger partial charge in [0.25, 0.3) is 0 Å². The minimum atomic E-state index is -0.00926. The molecule has 0 fully saturated rings. The molecular weight excluding hydrogens is 536 g/mol. The molecule has 0 saturated carbocycles. The van der Waals surface area contributed by atoms with Crippen molar-refractivity contribution in [2.45, 2.75) is 38.0 Å². The number of halogens is 4. The summed E-state index contributed by atoms with van der Waals surface area (Å²) >= 11 is 14.7. The third-order valence-electron chi connectivity index (χ3n) is 4.63. The van der Waals surface area contributed by atoms with Crippen molar-refractivity contribution >= 4 is 63.7 Å². The summed E-state index contributed by atoms with van der Waals surface area (Å²) in [6, 6.07) is 11.0. The van der Waals surface area contributed by atoms with Crippen molar-refractivity contribution in [2.75, 3.05) is 0 Å². The van der Waals surface area contributed by atoms with Crippen LogP contribution in [0.15, 0.2) is 48.2 Å². The molecule has 1 aliphatic rings. The molecule has 0 saturated heterocycles. The topological polar surface area (TPSA) is 0 Å². The van der Waals surface area contributed by atoms with Crippen molar-refractivity contribution in [1.82, 2.24) is 0 Å². The number of rotatable bonds is 1. The molecule has 0 N–H and O–H groups in total. The number of benzene rings is 2. The van der Waals surface area contributed by atoms with E-state index in [2.05, 4.69) is 115 Å². The fourth-order valence-electron chi connectivity index (χ4n) is 3.85. The second-order valence-corrected chi connectivity index (χ2v) is 10.5. The maximum absolute atomic E-state index is 3.81. The summed E-state index contributed by atoms with van der Waals surface area (Å²) in [5.41, 5.74) is 4.30. The largest absolute Gasteiger partial charge is 0.0558 e. The number of hydrogen-bond donors (Lipinski definition) is 0. The lowest BCUT2D eigenvalue weighted by atomic mass is 9.75. The van der Waals surface area contributed by atoms with Crippen LogP contribution in [0.5, 0.6) is 0 Å². The first-order valence-electron chi connectivity index (χ1n) is 7.10. The van der Waals surface area contributed by atoms with Crippen molar-refractivity contribution in [3.05, 3.63) is 64.9 Å². The van der Waals surface area contributed by atoms with Crippen LogP contribution >= 0.6 is 63.7 Å². The van der Waals surface area contributed by atoms with Gasteiger partial charge in [-0.25, -0.2) is 0 Å². The zero-order valence-corrected chi connectivity index (χ0v) is 18.9. The Morgan fingerprint density at radius 3 is 1.91 bits per heavy atom. The summed E-state index contributed by atoms with van der Waals surface area (Å²) in [6.45, 7) is 7.03. The van der Waals surface area contributed by atoms with Gasteiger partial charge in [0, 0.05) is 23.3 Å². The normalized spacial score (nSPS) is 22.7. The van der Waals surface area contributed by atoms with Crippen molar-refractivity contribution in [1.29, 1.82) is 0 Å². The molecule has 0 spiro atoms. The molecule has 2 aromatic carbocycles. The van der Waals surface area contributed by atoms with Crippen molar-refractivity contribution < 1.29 is 0 Å². The van der Waals surface area contributed by atoms with E-state index in [1.807, 2.05) is 0 Å². The molecule has 116 valence electrons. The Morgan fingerprint density at radius 2 is 1.32 bits per heavy atom. The van der Waals surface area contributed by atoms with Crippen LogP contribution in [-0.2, 0) is 10.8 Å². The summed E-state index contributed by atoms with van der Waals surface area (Å²) in [5, 5.41) is 0. The Bertz CT molecular complexity index is 744. The van der Waals surface area contributed by atoms with Gasteiger partial charge in [0.15, 0.2) is 0 Å². The Kier molecular flexibility index (Phi) is 4.47. The van der Waals surface area contributed by atoms with Crippen LogP contribution in [0.3, 0.4) is 0 Å². The fourth-order valence-corrected chi connectivity index (χ4v) is 6.81. The highest BCUT2D eigenvalue weighted by molar-refractivity contribution is 9.11. The van der Waals surface area contributed by atoms with Gasteiger partial charge < -0.3 is 0 Å². The third-order valence-corrected chi connectivity index (χ3v) is 6.63. The Balaban J connectivity index is 2.30. The van der Waals surface area contributed by atoms with Gasteiger partial charge in [0.1, 0.15) is 0 Å². The Hall–Kier alpha value is 0.360. The Labute approximate surface area is 165 Å². The monoisotopic (exact) mass is 548 g/mol. The van der Waals surface area contributed by atoms with Crippen LogP contribution < -0.4 is 0 Å². The van der Waals surface area contributed by atoms with Crippen molar-refractivity contribution in [3.8, 4) is 0 Å². The highest BCUT2D eigenvalue weighted by atomic mass is 79.9. The molecule has 22 heavy (non-hydrogen) atoms. The van der Waals surface area contributed by atoms with E-state index in [-0.39, 0.29) is 10.8 Å². The maximum Gasteiger partial charge on any atom is 0.0230 e. The van der Waals surface area contributed by atoms with Gasteiger partial charge >= 0.3 is 0 Å². The van der Waals surface area contributed by atoms with Gasteiger partial charge in [-0.15, -0.1) is 0 Å². The van der Waals surface area contributed by atoms with Crippen LogP contribution in [0.1, 0.15) is 43.9 Å². The second-order valence-electron chi connectivity index (χ2n) is 6.86. The standard InChI is InChI=1S/C18H16Br4/c1-17(2)9-18(3,10-4-11(19)6-12(20)5-10)16-14(17)7-13(21)8-15(16)22/h4-8H,9H2,1-3H3. The van der Waals surface area contributed by atoms with E-state index in [0.29, 0.717) is 0 Å². The zero-order chi connectivity index (χ0) is 16.3. The molecule has 0 radical (unpaired) electrons. The molecule has 4 heteroatoms. The van der Waals surface area contributed by atoms with Crippen LogP contribution in [0.25, 0.3) is 0 Å². The first-order valence-corrected chi connectivity index (χ1v) is 10.3. The summed E-state index contributed by atoms with van der Waals surface area (Å²) in [5.74, 6) is 0. The van der Waals surface area contributed by atoms with Gasteiger partial charge in [-0.2, -0.15) is 0 Å². The number of hydrogen-bond acceptors (Lipinski definition) is 0. The van der Waals surface area contributed by atoms with Gasteiger partial charge in [-0.1, -0.05) is 84.5 Å². The first kappa shape index (κ1) is 17.2. The SMILES string of the molecule is CC1(C)CC(C)(c2cc(Br)cc(Br)c2)c2c(Br)cc(Br)cc21. The summed E-state index contributed by atoms with van der Waals surface area (Å²) in [6.07, 6.45) is 1.09. The molecule has 0 bridgehead atoms. The van der Waals surface area contributed by atoms with E-state index in [1.54, 1.807) is 0 Å². The van der Waals surface area contributed by atoms with E-state index in [9.17, 15) is 0 Å². The smallest absolute Gasteiger partial charge is 0.0230 e. The second kappa shape index (κ2) is 5.72. The van der Waals surface area contributed by atoms with Gasteiger partial charge in [-0.3, -0.25) is 0 Å². The maximum atomic E-state index is 3.81. The molecule has 0 nitrogen and oxygen atoms in total. The van der Waals surface area contributed by atoms with Crippen LogP contribution in [0.4, 0.5) is 0 Å². The lowest BCUT2D eigenvalue weighted by Crippen LogP contribution is -2.23. The minimum Gasteiger partial charge on any atom is -0.0558 e. The van der Waals surface area contributed by atoms with E-state index in [0.717, 1.165) is 19.8 Å². The van der Waals surface area contributed by atoms with Gasteiger partial charge in [0.2, 0.25) is 0 Å². The predicted molar refractivity (Wildman–Crippen MR) is 108 cm³/mol. The molecule has 1 unspecified atom stereocenters. The van der Waals surface area contributed by atoms with Crippen molar-refractivity contribution in [2.24, 2.45) is 0 Å². The van der Waals surface area contributed by atoms with Gasteiger partial charge in [-0.05, 0) is 58.9 Å². The van der Waals surface area contributed by atoms with E-state index in [1.165, 1.54) is 21.2 Å². The lowest BCUT2D eigenvalue weighted by molar-refractivity contribution is 0.424. The molecule has 0 aliphatic heterocycles.